The highest BCUT2D eigenvalue weighted by Gasteiger charge is 2.57. The fourth-order valence-electron chi connectivity index (χ4n) is 4.03. The average molecular weight is 280 g/mol. The van der Waals surface area contributed by atoms with Crippen LogP contribution in [0, 0.1) is 11.8 Å². The molecule has 2 aliphatic carbocycles. The van der Waals surface area contributed by atoms with E-state index in [0.29, 0.717) is 17.6 Å². The highest BCUT2D eigenvalue weighted by atomic mass is 16.1. The summed E-state index contributed by atoms with van der Waals surface area (Å²) in [6, 6.07) is 10.5. The van der Waals surface area contributed by atoms with Gasteiger partial charge in [0, 0.05) is 18.7 Å². The molecule has 1 heterocycles. The van der Waals surface area contributed by atoms with Gasteiger partial charge in [0.15, 0.2) is 5.78 Å². The topological polar surface area (TPSA) is 34.9 Å². The number of hydrogen-bond donors (Lipinski definition) is 0. The van der Waals surface area contributed by atoms with Gasteiger partial charge in [0.1, 0.15) is 5.69 Å². The molecule has 1 saturated carbocycles. The summed E-state index contributed by atoms with van der Waals surface area (Å²) in [6.07, 6.45) is 5.03. The number of benzene rings is 1. The van der Waals surface area contributed by atoms with Gasteiger partial charge < -0.3 is 0 Å². The third kappa shape index (κ3) is 1.95. The molecule has 3 heteroatoms. The van der Waals surface area contributed by atoms with Crippen molar-refractivity contribution in [1.82, 2.24) is 9.78 Å². The second kappa shape index (κ2) is 4.83. The molecule has 3 nitrogen and oxygen atoms in total. The average Bonchev–Trinajstić information content (AvgIpc) is 3.09. The maximum Gasteiger partial charge on any atom is 0.184 e. The molecule has 2 aliphatic rings. The number of hydrogen-bond acceptors (Lipinski definition) is 2. The first-order chi connectivity index (χ1) is 10.3. The van der Waals surface area contributed by atoms with Gasteiger partial charge in [-0.15, -0.1) is 0 Å². The molecular formula is C18H20N2O. The first-order valence-corrected chi connectivity index (χ1v) is 7.95. The summed E-state index contributed by atoms with van der Waals surface area (Å²) < 4.78 is 1.87. The van der Waals surface area contributed by atoms with Gasteiger partial charge in [-0.2, -0.15) is 5.10 Å². The van der Waals surface area contributed by atoms with Crippen molar-refractivity contribution in [3.63, 3.8) is 0 Å². The number of fused-ring (bicyclic) bond motifs is 3. The van der Waals surface area contributed by atoms with Crippen molar-refractivity contribution in [1.29, 1.82) is 0 Å². The van der Waals surface area contributed by atoms with E-state index in [1.54, 1.807) is 6.20 Å². The van der Waals surface area contributed by atoms with E-state index in [4.69, 9.17) is 0 Å². The van der Waals surface area contributed by atoms with Crippen LogP contribution in [0.15, 0.2) is 36.5 Å². The van der Waals surface area contributed by atoms with Crippen LogP contribution in [-0.4, -0.2) is 15.6 Å². The van der Waals surface area contributed by atoms with Gasteiger partial charge in [-0.25, -0.2) is 0 Å². The van der Waals surface area contributed by atoms with Crippen LogP contribution in [0.3, 0.4) is 0 Å². The Hall–Kier alpha value is -1.90. The van der Waals surface area contributed by atoms with Crippen molar-refractivity contribution in [2.45, 2.75) is 38.6 Å². The van der Waals surface area contributed by atoms with Crippen molar-refractivity contribution in [3.8, 4) is 0 Å². The van der Waals surface area contributed by atoms with Gasteiger partial charge in [0.05, 0.1) is 0 Å². The molecule has 4 rings (SSSR count). The molecule has 3 atom stereocenters. The summed E-state index contributed by atoms with van der Waals surface area (Å²) in [5.74, 6) is 1.48. The molecule has 1 aromatic heterocycles. The van der Waals surface area contributed by atoms with Crippen molar-refractivity contribution >= 4 is 5.78 Å². The summed E-state index contributed by atoms with van der Waals surface area (Å²) in [6.45, 7) is 2.94. The molecule has 0 amide bonds. The molecule has 0 N–H and O–H groups in total. The summed E-state index contributed by atoms with van der Waals surface area (Å²) in [4.78, 5) is 12.9. The fraction of sp³-hybridized carbons (Fsp3) is 0.444. The summed E-state index contributed by atoms with van der Waals surface area (Å²) in [7, 11) is 0. The second-order valence-corrected chi connectivity index (χ2v) is 6.26. The third-order valence-corrected chi connectivity index (χ3v) is 5.04. The van der Waals surface area contributed by atoms with Gasteiger partial charge in [-0.05, 0) is 48.3 Å². The Balaban J connectivity index is 1.62. The molecule has 0 saturated heterocycles. The largest absolute Gasteiger partial charge is 0.292 e. The minimum atomic E-state index is 0.181. The van der Waals surface area contributed by atoms with Crippen molar-refractivity contribution < 1.29 is 4.79 Å². The van der Waals surface area contributed by atoms with Crippen LogP contribution in [0.1, 0.15) is 47.3 Å². The SMILES string of the molecule is CCCn1nccc1C(=O)C1C2CCc3ccccc3C21. The lowest BCUT2D eigenvalue weighted by Gasteiger charge is -2.13. The first kappa shape index (κ1) is 12.8. The molecule has 108 valence electrons. The van der Waals surface area contributed by atoms with Gasteiger partial charge in [-0.1, -0.05) is 31.2 Å². The third-order valence-electron chi connectivity index (χ3n) is 5.04. The Morgan fingerprint density at radius 3 is 3.05 bits per heavy atom. The van der Waals surface area contributed by atoms with Crippen LogP contribution in [-0.2, 0) is 13.0 Å². The molecule has 1 fully saturated rings. The van der Waals surface area contributed by atoms with Gasteiger partial charge >= 0.3 is 0 Å². The van der Waals surface area contributed by atoms with Crippen LogP contribution in [0.2, 0.25) is 0 Å². The lowest BCUT2D eigenvalue weighted by atomic mass is 9.92. The number of rotatable bonds is 4. The predicted octanol–water partition coefficient (Wildman–Crippen LogP) is 3.45. The molecule has 0 radical (unpaired) electrons. The Morgan fingerprint density at radius 1 is 1.33 bits per heavy atom. The number of aromatic nitrogens is 2. The number of carbonyl (C=O) groups excluding carboxylic acids is 1. The van der Waals surface area contributed by atoms with E-state index in [1.807, 2.05) is 10.7 Å². The number of aryl methyl sites for hydroxylation is 2. The Kier molecular flexibility index (Phi) is 2.95. The van der Waals surface area contributed by atoms with Crippen LogP contribution < -0.4 is 0 Å². The quantitative estimate of drug-likeness (QED) is 0.804. The highest BCUT2D eigenvalue weighted by Crippen LogP contribution is 2.60. The Bertz CT molecular complexity index is 688. The fourth-order valence-corrected chi connectivity index (χ4v) is 4.03. The van der Waals surface area contributed by atoms with Crippen LogP contribution in [0.4, 0.5) is 0 Å². The monoisotopic (exact) mass is 280 g/mol. The van der Waals surface area contributed by atoms with Crippen LogP contribution in [0.5, 0.6) is 0 Å². The van der Waals surface area contributed by atoms with Gasteiger partial charge in [-0.3, -0.25) is 9.48 Å². The molecule has 0 spiro atoms. The first-order valence-electron chi connectivity index (χ1n) is 7.95. The zero-order chi connectivity index (χ0) is 14.4. The van der Waals surface area contributed by atoms with E-state index in [9.17, 15) is 4.79 Å². The number of nitrogens with zero attached hydrogens (tertiary/aromatic N) is 2. The van der Waals surface area contributed by atoms with E-state index < -0.39 is 0 Å². The normalized spacial score (nSPS) is 26.0. The van der Waals surface area contributed by atoms with Crippen molar-refractivity contribution in [2.75, 3.05) is 0 Å². The smallest absolute Gasteiger partial charge is 0.184 e. The molecule has 21 heavy (non-hydrogen) atoms. The minimum absolute atomic E-state index is 0.181. The molecular weight excluding hydrogens is 260 g/mol. The highest BCUT2D eigenvalue weighted by molar-refractivity contribution is 5.99. The summed E-state index contributed by atoms with van der Waals surface area (Å²) in [5, 5.41) is 4.29. The maximum absolute atomic E-state index is 12.9. The van der Waals surface area contributed by atoms with E-state index in [1.165, 1.54) is 11.1 Å². The van der Waals surface area contributed by atoms with Gasteiger partial charge in [0.2, 0.25) is 0 Å². The second-order valence-electron chi connectivity index (χ2n) is 6.26. The molecule has 0 aliphatic heterocycles. The lowest BCUT2D eigenvalue weighted by Crippen LogP contribution is -2.13. The van der Waals surface area contributed by atoms with E-state index in [2.05, 4.69) is 36.3 Å². The number of carbonyl (C=O) groups is 1. The van der Waals surface area contributed by atoms with E-state index >= 15 is 0 Å². The van der Waals surface area contributed by atoms with Gasteiger partial charge in [0.25, 0.3) is 0 Å². The molecule has 1 aromatic carbocycles. The Morgan fingerprint density at radius 2 is 2.19 bits per heavy atom. The van der Waals surface area contributed by atoms with Crippen molar-refractivity contribution in [3.05, 3.63) is 53.3 Å². The molecule has 2 aromatic rings. The number of Topliss-reactive ketones (excluding diaryl/α,β-unsaturated/α-hetero) is 1. The minimum Gasteiger partial charge on any atom is -0.292 e. The number of ketones is 1. The lowest BCUT2D eigenvalue weighted by molar-refractivity contribution is 0.0948. The zero-order valence-electron chi connectivity index (χ0n) is 12.3. The molecule has 3 unspecified atom stereocenters. The van der Waals surface area contributed by atoms with Crippen molar-refractivity contribution in [2.24, 2.45) is 11.8 Å². The molecule has 0 bridgehead atoms. The van der Waals surface area contributed by atoms with Crippen LogP contribution >= 0.6 is 0 Å². The van der Waals surface area contributed by atoms with Crippen LogP contribution in [0.25, 0.3) is 0 Å². The maximum atomic E-state index is 12.9. The standard InChI is InChI=1S/C18H20N2O/c1-2-11-20-15(9-10-19-20)18(21)17-14-8-7-12-5-3-4-6-13(12)16(14)17/h3-6,9-10,14,16-17H,2,7-8,11H2,1H3. The Labute approximate surface area is 125 Å². The summed E-state index contributed by atoms with van der Waals surface area (Å²) in [5.41, 5.74) is 3.65. The van der Waals surface area contributed by atoms with E-state index in [0.717, 1.165) is 31.5 Å². The zero-order valence-corrected chi connectivity index (χ0v) is 12.3. The summed E-state index contributed by atoms with van der Waals surface area (Å²) >= 11 is 0. The van der Waals surface area contributed by atoms with E-state index in [-0.39, 0.29) is 5.92 Å². The predicted molar refractivity (Wildman–Crippen MR) is 81.3 cm³/mol.